The molecule has 0 radical (unpaired) electrons. The van der Waals surface area contributed by atoms with Crippen LogP contribution in [0, 0.1) is 17.3 Å². The molecule has 0 saturated heterocycles. The summed E-state index contributed by atoms with van der Waals surface area (Å²) in [5, 5.41) is 0. The molecule has 0 spiro atoms. The predicted molar refractivity (Wildman–Crippen MR) is 82.2 cm³/mol. The van der Waals surface area contributed by atoms with E-state index in [1.165, 1.54) is 12.8 Å². The number of nitrogens with two attached hydrogens (primary N) is 1. The van der Waals surface area contributed by atoms with Crippen LogP contribution in [-0.4, -0.2) is 43.8 Å². The molecule has 0 amide bonds. The van der Waals surface area contributed by atoms with Crippen LogP contribution in [0.2, 0.25) is 0 Å². The van der Waals surface area contributed by atoms with Crippen LogP contribution in [0.3, 0.4) is 0 Å². The second-order valence-corrected chi connectivity index (χ2v) is 7.23. The van der Waals surface area contributed by atoms with Crippen molar-refractivity contribution >= 4 is 0 Å². The smallest absolute Gasteiger partial charge is 0.0596 e. The molecule has 19 heavy (non-hydrogen) atoms. The molecule has 1 rings (SSSR count). The second kappa shape index (κ2) is 7.05. The zero-order valence-electron chi connectivity index (χ0n) is 13.8. The monoisotopic (exact) mass is 270 g/mol. The van der Waals surface area contributed by atoms with Crippen molar-refractivity contribution < 1.29 is 4.74 Å². The minimum absolute atomic E-state index is 0.331. The summed E-state index contributed by atoms with van der Waals surface area (Å²) >= 11 is 0. The van der Waals surface area contributed by atoms with Gasteiger partial charge < -0.3 is 15.4 Å². The van der Waals surface area contributed by atoms with E-state index >= 15 is 0 Å². The van der Waals surface area contributed by atoms with Crippen LogP contribution in [0.15, 0.2) is 0 Å². The summed E-state index contributed by atoms with van der Waals surface area (Å²) in [4.78, 5) is 2.42. The standard InChI is InChI=1S/C16H34N2O/c1-12(2)19-10-9-18(6)11-14-7-8-15(17)13(3)16(14,4)5/h12-15H,7-11,17H2,1-6H3. The highest BCUT2D eigenvalue weighted by Crippen LogP contribution is 2.44. The third-order valence-corrected chi connectivity index (χ3v) is 5.17. The molecule has 3 unspecified atom stereocenters. The fraction of sp³-hybridized carbons (Fsp3) is 1.00. The largest absolute Gasteiger partial charge is 0.377 e. The first-order chi connectivity index (χ1) is 8.75. The molecule has 0 aliphatic heterocycles. The van der Waals surface area contributed by atoms with E-state index in [0.29, 0.717) is 23.5 Å². The molecule has 1 fully saturated rings. The van der Waals surface area contributed by atoms with Crippen molar-refractivity contribution in [1.82, 2.24) is 4.90 Å². The van der Waals surface area contributed by atoms with Gasteiger partial charge in [-0.05, 0) is 51.0 Å². The molecule has 114 valence electrons. The fourth-order valence-corrected chi connectivity index (χ4v) is 3.18. The molecule has 1 saturated carbocycles. The van der Waals surface area contributed by atoms with Gasteiger partial charge in [0.05, 0.1) is 12.7 Å². The maximum absolute atomic E-state index is 6.23. The Morgan fingerprint density at radius 3 is 2.53 bits per heavy atom. The molecule has 0 aromatic heterocycles. The molecule has 3 heteroatoms. The number of likely N-dealkylation sites (N-methyl/N-ethyl adjacent to an activating group) is 1. The molecule has 2 N–H and O–H groups in total. The summed E-state index contributed by atoms with van der Waals surface area (Å²) in [5.74, 6) is 1.35. The molecule has 1 aliphatic carbocycles. The Kier molecular flexibility index (Phi) is 6.28. The van der Waals surface area contributed by atoms with Crippen LogP contribution >= 0.6 is 0 Å². The lowest BCUT2D eigenvalue weighted by atomic mass is 9.61. The van der Waals surface area contributed by atoms with E-state index in [9.17, 15) is 0 Å². The third-order valence-electron chi connectivity index (χ3n) is 5.17. The quantitative estimate of drug-likeness (QED) is 0.806. The Hall–Kier alpha value is -0.120. The normalized spacial score (nSPS) is 31.1. The third kappa shape index (κ3) is 4.73. The Bertz CT molecular complexity index is 265. The molecule has 1 aliphatic rings. The fourth-order valence-electron chi connectivity index (χ4n) is 3.18. The summed E-state index contributed by atoms with van der Waals surface area (Å²) in [6, 6.07) is 0.376. The highest BCUT2D eigenvalue weighted by Gasteiger charge is 2.41. The Labute approximate surface area is 119 Å². The minimum Gasteiger partial charge on any atom is -0.377 e. The number of nitrogens with zero attached hydrogens (tertiary/aromatic N) is 1. The number of hydrogen-bond donors (Lipinski definition) is 1. The summed E-state index contributed by atoms with van der Waals surface area (Å²) in [7, 11) is 2.21. The van der Waals surface area contributed by atoms with E-state index in [1.54, 1.807) is 0 Å². The Balaban J connectivity index is 2.43. The van der Waals surface area contributed by atoms with Gasteiger partial charge in [-0.2, -0.15) is 0 Å². The van der Waals surface area contributed by atoms with E-state index in [0.717, 1.165) is 25.6 Å². The first-order valence-electron chi connectivity index (χ1n) is 7.80. The summed E-state index contributed by atoms with van der Waals surface area (Å²) in [6.07, 6.45) is 2.76. The predicted octanol–water partition coefficient (Wildman–Crippen LogP) is 2.74. The van der Waals surface area contributed by atoms with E-state index in [4.69, 9.17) is 10.5 Å². The highest BCUT2D eigenvalue weighted by molar-refractivity contribution is 4.94. The average Bonchev–Trinajstić information content (AvgIpc) is 2.30. The van der Waals surface area contributed by atoms with Crippen molar-refractivity contribution in [2.75, 3.05) is 26.7 Å². The lowest BCUT2D eigenvalue weighted by Gasteiger charge is -2.48. The summed E-state index contributed by atoms with van der Waals surface area (Å²) < 4.78 is 5.63. The van der Waals surface area contributed by atoms with Gasteiger partial charge in [0.15, 0.2) is 0 Å². The molecule has 0 heterocycles. The molecule has 0 bridgehead atoms. The molecule has 0 aromatic carbocycles. The van der Waals surface area contributed by atoms with Crippen LogP contribution in [0.4, 0.5) is 0 Å². The van der Waals surface area contributed by atoms with Gasteiger partial charge in [-0.25, -0.2) is 0 Å². The van der Waals surface area contributed by atoms with Gasteiger partial charge in [-0.3, -0.25) is 0 Å². The SMILES string of the molecule is CC(C)OCCN(C)CC1CCC(N)C(C)C1(C)C. The highest BCUT2D eigenvalue weighted by atomic mass is 16.5. The van der Waals surface area contributed by atoms with Crippen LogP contribution in [0.1, 0.15) is 47.5 Å². The molecular weight excluding hydrogens is 236 g/mol. The Morgan fingerprint density at radius 1 is 1.32 bits per heavy atom. The second-order valence-electron chi connectivity index (χ2n) is 7.23. The average molecular weight is 270 g/mol. The van der Waals surface area contributed by atoms with Gasteiger partial charge in [-0.1, -0.05) is 20.8 Å². The van der Waals surface area contributed by atoms with E-state index < -0.39 is 0 Å². The van der Waals surface area contributed by atoms with Crippen molar-refractivity contribution in [3.8, 4) is 0 Å². The van der Waals surface area contributed by atoms with Gasteiger partial charge in [0.1, 0.15) is 0 Å². The Morgan fingerprint density at radius 2 is 1.95 bits per heavy atom. The summed E-state index contributed by atoms with van der Waals surface area (Å²) in [6.45, 7) is 14.3. The van der Waals surface area contributed by atoms with Crippen molar-refractivity contribution in [2.45, 2.75) is 59.6 Å². The van der Waals surface area contributed by atoms with Gasteiger partial charge >= 0.3 is 0 Å². The van der Waals surface area contributed by atoms with E-state index in [2.05, 4.69) is 46.6 Å². The van der Waals surface area contributed by atoms with Crippen molar-refractivity contribution in [3.63, 3.8) is 0 Å². The topological polar surface area (TPSA) is 38.5 Å². The van der Waals surface area contributed by atoms with E-state index in [-0.39, 0.29) is 0 Å². The number of rotatable bonds is 6. The van der Waals surface area contributed by atoms with Crippen LogP contribution in [0.5, 0.6) is 0 Å². The zero-order chi connectivity index (χ0) is 14.6. The van der Waals surface area contributed by atoms with Gasteiger partial charge in [0, 0.05) is 19.1 Å². The van der Waals surface area contributed by atoms with Gasteiger partial charge in [0.2, 0.25) is 0 Å². The minimum atomic E-state index is 0.331. The molecule has 3 atom stereocenters. The first-order valence-corrected chi connectivity index (χ1v) is 7.80. The van der Waals surface area contributed by atoms with Crippen LogP contribution in [-0.2, 0) is 4.74 Å². The number of ether oxygens (including phenoxy) is 1. The molecule has 0 aromatic rings. The molecule has 3 nitrogen and oxygen atoms in total. The van der Waals surface area contributed by atoms with Crippen LogP contribution in [0.25, 0.3) is 0 Å². The maximum atomic E-state index is 6.23. The lowest BCUT2D eigenvalue weighted by Crippen LogP contribution is -2.49. The van der Waals surface area contributed by atoms with Crippen LogP contribution < -0.4 is 5.73 Å². The van der Waals surface area contributed by atoms with Gasteiger partial charge in [0.25, 0.3) is 0 Å². The van der Waals surface area contributed by atoms with Crippen molar-refractivity contribution in [2.24, 2.45) is 23.0 Å². The lowest BCUT2D eigenvalue weighted by molar-refractivity contribution is 0.0198. The molecular formula is C16H34N2O. The first kappa shape index (κ1) is 16.9. The van der Waals surface area contributed by atoms with E-state index in [1.807, 2.05) is 0 Å². The van der Waals surface area contributed by atoms with Gasteiger partial charge in [-0.15, -0.1) is 0 Å². The zero-order valence-corrected chi connectivity index (χ0v) is 13.8. The number of hydrogen-bond acceptors (Lipinski definition) is 3. The maximum Gasteiger partial charge on any atom is 0.0596 e. The summed E-state index contributed by atoms with van der Waals surface area (Å²) in [5.41, 5.74) is 6.56. The van der Waals surface area contributed by atoms with Crippen molar-refractivity contribution in [3.05, 3.63) is 0 Å². The van der Waals surface area contributed by atoms with Crippen molar-refractivity contribution in [1.29, 1.82) is 0 Å².